The van der Waals surface area contributed by atoms with Crippen molar-refractivity contribution in [2.75, 3.05) is 24.3 Å². The summed E-state index contributed by atoms with van der Waals surface area (Å²) in [5.74, 6) is 0.296. The molecule has 6 heteroatoms. The largest absolute Gasteiger partial charge is 0.434 e. The molecule has 0 atom stereocenters. The quantitative estimate of drug-likeness (QED) is 0.592. The van der Waals surface area contributed by atoms with Crippen LogP contribution in [0.25, 0.3) is 22.7 Å². The normalized spacial score (nSPS) is 10.7. The van der Waals surface area contributed by atoms with E-state index in [0.29, 0.717) is 28.4 Å². The zero-order valence-corrected chi connectivity index (χ0v) is 15.0. The van der Waals surface area contributed by atoms with Crippen LogP contribution in [0.1, 0.15) is 10.4 Å². The number of fused-ring (bicyclic) bond motifs is 1. The minimum absolute atomic E-state index is 0.171. The average molecular weight is 358 g/mol. The molecule has 0 aliphatic carbocycles. The highest BCUT2D eigenvalue weighted by atomic mass is 16.3. The van der Waals surface area contributed by atoms with Gasteiger partial charge in [-0.1, -0.05) is 12.1 Å². The second-order valence-corrected chi connectivity index (χ2v) is 6.32. The lowest BCUT2D eigenvalue weighted by Crippen LogP contribution is -2.14. The molecule has 0 spiro atoms. The number of nitrogens with one attached hydrogen (secondary N) is 1. The number of hydrogen-bond acceptors (Lipinski definition) is 5. The topological polar surface area (TPSA) is 71.3 Å². The van der Waals surface area contributed by atoms with Gasteiger partial charge in [0.25, 0.3) is 5.91 Å². The van der Waals surface area contributed by atoms with Crippen molar-refractivity contribution in [3.8, 4) is 11.5 Å². The van der Waals surface area contributed by atoms with Crippen LogP contribution in [-0.2, 0) is 0 Å². The Bertz CT molecular complexity index is 1080. The molecular weight excluding hydrogens is 340 g/mol. The van der Waals surface area contributed by atoms with Crippen molar-refractivity contribution in [1.82, 2.24) is 9.97 Å². The summed E-state index contributed by atoms with van der Waals surface area (Å²) in [5, 5.41) is 2.93. The number of aromatic nitrogens is 2. The molecule has 27 heavy (non-hydrogen) atoms. The molecule has 0 radical (unpaired) electrons. The summed E-state index contributed by atoms with van der Waals surface area (Å²) in [5.41, 5.74) is 4.19. The molecule has 6 nitrogen and oxygen atoms in total. The summed E-state index contributed by atoms with van der Waals surface area (Å²) < 4.78 is 5.75. The van der Waals surface area contributed by atoms with E-state index < -0.39 is 0 Å². The maximum Gasteiger partial charge on any atom is 0.255 e. The molecule has 4 rings (SSSR count). The molecule has 0 bridgehead atoms. The van der Waals surface area contributed by atoms with Crippen LogP contribution < -0.4 is 10.2 Å². The molecule has 0 saturated heterocycles. The number of hydrogen-bond donors (Lipinski definition) is 1. The van der Waals surface area contributed by atoms with Crippen LogP contribution in [0.4, 0.5) is 11.4 Å². The lowest BCUT2D eigenvalue weighted by Gasteiger charge is -2.13. The second kappa shape index (κ2) is 6.92. The van der Waals surface area contributed by atoms with Crippen LogP contribution >= 0.6 is 0 Å². The number of rotatable bonds is 4. The maximum absolute atomic E-state index is 12.6. The van der Waals surface area contributed by atoms with Gasteiger partial charge in [0, 0.05) is 42.8 Å². The SMILES string of the molecule is CN(C)c1cccc(C(=O)Nc2cccc(-c3nc4ncccc4o3)c2)c1. The van der Waals surface area contributed by atoms with Gasteiger partial charge in [0.15, 0.2) is 11.2 Å². The number of carbonyl (C=O) groups excluding carboxylic acids is 1. The van der Waals surface area contributed by atoms with Gasteiger partial charge in [0.2, 0.25) is 5.89 Å². The predicted molar refractivity (Wildman–Crippen MR) is 106 cm³/mol. The van der Waals surface area contributed by atoms with Gasteiger partial charge in [-0.05, 0) is 48.5 Å². The first kappa shape index (κ1) is 16.8. The number of benzene rings is 2. The monoisotopic (exact) mass is 358 g/mol. The molecule has 2 heterocycles. The zero-order chi connectivity index (χ0) is 18.8. The number of oxazole rings is 1. The van der Waals surface area contributed by atoms with E-state index in [4.69, 9.17) is 4.42 Å². The van der Waals surface area contributed by atoms with Gasteiger partial charge in [-0.2, -0.15) is 4.98 Å². The molecule has 0 aliphatic rings. The fourth-order valence-corrected chi connectivity index (χ4v) is 2.75. The Morgan fingerprint density at radius 2 is 1.89 bits per heavy atom. The summed E-state index contributed by atoms with van der Waals surface area (Å²) >= 11 is 0. The summed E-state index contributed by atoms with van der Waals surface area (Å²) in [4.78, 5) is 23.1. The number of carbonyl (C=O) groups is 1. The van der Waals surface area contributed by atoms with Crippen molar-refractivity contribution >= 4 is 28.5 Å². The fourth-order valence-electron chi connectivity index (χ4n) is 2.75. The van der Waals surface area contributed by atoms with Crippen molar-refractivity contribution in [3.63, 3.8) is 0 Å². The summed E-state index contributed by atoms with van der Waals surface area (Å²) in [6.07, 6.45) is 1.67. The standard InChI is InChI=1S/C21H18N4O2/c1-25(2)17-9-4-6-14(13-17)20(26)23-16-8-3-7-15(12-16)21-24-19-18(27-21)10-5-11-22-19/h3-13H,1-2H3,(H,23,26). The summed E-state index contributed by atoms with van der Waals surface area (Å²) in [6, 6.07) is 18.5. The predicted octanol–water partition coefficient (Wildman–Crippen LogP) is 4.21. The highest BCUT2D eigenvalue weighted by molar-refractivity contribution is 6.05. The van der Waals surface area contributed by atoms with Gasteiger partial charge < -0.3 is 14.6 Å². The maximum atomic E-state index is 12.6. The van der Waals surface area contributed by atoms with Crippen LogP contribution in [0.3, 0.4) is 0 Å². The van der Waals surface area contributed by atoms with E-state index in [1.165, 1.54) is 0 Å². The Morgan fingerprint density at radius 3 is 2.70 bits per heavy atom. The Balaban J connectivity index is 1.59. The first-order valence-corrected chi connectivity index (χ1v) is 8.51. The number of nitrogens with zero attached hydrogens (tertiary/aromatic N) is 3. The van der Waals surface area contributed by atoms with Gasteiger partial charge >= 0.3 is 0 Å². The van der Waals surface area contributed by atoms with Crippen molar-refractivity contribution in [3.05, 3.63) is 72.4 Å². The number of anilines is 2. The second-order valence-electron chi connectivity index (χ2n) is 6.32. The molecule has 2 aromatic heterocycles. The molecule has 0 saturated carbocycles. The molecule has 134 valence electrons. The van der Waals surface area contributed by atoms with E-state index in [9.17, 15) is 4.79 Å². The van der Waals surface area contributed by atoms with Gasteiger partial charge in [0.1, 0.15) is 0 Å². The van der Waals surface area contributed by atoms with E-state index in [1.807, 2.05) is 67.5 Å². The van der Waals surface area contributed by atoms with Gasteiger partial charge in [-0.15, -0.1) is 0 Å². The van der Waals surface area contributed by atoms with E-state index in [1.54, 1.807) is 18.3 Å². The van der Waals surface area contributed by atoms with Crippen LogP contribution in [0, 0.1) is 0 Å². The minimum Gasteiger partial charge on any atom is -0.434 e. The van der Waals surface area contributed by atoms with E-state index in [2.05, 4.69) is 15.3 Å². The average Bonchev–Trinajstić information content (AvgIpc) is 3.12. The molecule has 1 N–H and O–H groups in total. The Morgan fingerprint density at radius 1 is 1.04 bits per heavy atom. The van der Waals surface area contributed by atoms with Crippen molar-refractivity contribution in [1.29, 1.82) is 0 Å². The number of pyridine rings is 1. The van der Waals surface area contributed by atoms with Crippen LogP contribution in [0.15, 0.2) is 71.3 Å². The van der Waals surface area contributed by atoms with Crippen LogP contribution in [-0.4, -0.2) is 30.0 Å². The minimum atomic E-state index is -0.171. The van der Waals surface area contributed by atoms with Crippen LogP contribution in [0.2, 0.25) is 0 Å². The van der Waals surface area contributed by atoms with E-state index in [0.717, 1.165) is 11.3 Å². The smallest absolute Gasteiger partial charge is 0.255 e. The summed E-state index contributed by atoms with van der Waals surface area (Å²) in [6.45, 7) is 0. The molecule has 0 fully saturated rings. The third-order valence-electron chi connectivity index (χ3n) is 4.16. The third-order valence-corrected chi connectivity index (χ3v) is 4.16. The lowest BCUT2D eigenvalue weighted by molar-refractivity contribution is 0.102. The van der Waals surface area contributed by atoms with Gasteiger partial charge in [-0.25, -0.2) is 4.98 Å². The molecular formula is C21H18N4O2. The van der Waals surface area contributed by atoms with E-state index >= 15 is 0 Å². The van der Waals surface area contributed by atoms with Crippen molar-refractivity contribution < 1.29 is 9.21 Å². The highest BCUT2D eigenvalue weighted by Gasteiger charge is 2.11. The molecule has 2 aromatic carbocycles. The molecule has 4 aromatic rings. The lowest BCUT2D eigenvalue weighted by atomic mass is 10.1. The summed E-state index contributed by atoms with van der Waals surface area (Å²) in [7, 11) is 3.88. The third kappa shape index (κ3) is 3.50. The zero-order valence-electron chi connectivity index (χ0n) is 15.0. The molecule has 1 amide bonds. The Hall–Kier alpha value is -3.67. The Kier molecular flexibility index (Phi) is 4.30. The number of amides is 1. The highest BCUT2D eigenvalue weighted by Crippen LogP contribution is 2.25. The van der Waals surface area contributed by atoms with E-state index in [-0.39, 0.29) is 5.91 Å². The molecule has 0 aliphatic heterocycles. The van der Waals surface area contributed by atoms with Crippen LogP contribution in [0.5, 0.6) is 0 Å². The van der Waals surface area contributed by atoms with Gasteiger partial charge in [-0.3, -0.25) is 4.79 Å². The molecule has 0 unspecified atom stereocenters. The first-order valence-electron chi connectivity index (χ1n) is 8.51. The fraction of sp³-hybridized carbons (Fsp3) is 0.0952. The van der Waals surface area contributed by atoms with Crippen molar-refractivity contribution in [2.45, 2.75) is 0 Å². The Labute approximate surface area is 156 Å². The van der Waals surface area contributed by atoms with Gasteiger partial charge in [0.05, 0.1) is 0 Å². The van der Waals surface area contributed by atoms with Crippen molar-refractivity contribution in [2.24, 2.45) is 0 Å². The first-order chi connectivity index (χ1) is 13.1.